The number of rotatable bonds is 10. The lowest BCUT2D eigenvalue weighted by Crippen LogP contribution is -2.19. The fourth-order valence-corrected chi connectivity index (χ4v) is 2.50. The molecule has 1 aliphatic heterocycles. The van der Waals surface area contributed by atoms with Crippen LogP contribution >= 0.6 is 0 Å². The summed E-state index contributed by atoms with van der Waals surface area (Å²) >= 11 is 0. The Morgan fingerprint density at radius 3 is 2.57 bits per heavy atom. The molecule has 1 atom stereocenters. The number of nitrogens with zero attached hydrogens (tertiary/aromatic N) is 1. The standard InChI is InChI=1S/C18H25NO4/c1-2-3-4-5-6-7-12-22-15-10-8-14(9-11-15)16-13-17(18(20)21)23-19-16/h8-11,17H,2-7,12-13H2,1H3,(H,20,21). The largest absolute Gasteiger partial charge is 0.494 e. The predicted octanol–water partition coefficient (Wildman–Crippen LogP) is 4.00. The van der Waals surface area contributed by atoms with Crippen LogP contribution in [-0.2, 0) is 9.63 Å². The molecule has 126 valence electrons. The van der Waals surface area contributed by atoms with E-state index in [1.807, 2.05) is 24.3 Å². The van der Waals surface area contributed by atoms with Gasteiger partial charge in [-0.15, -0.1) is 0 Å². The molecule has 1 aliphatic rings. The summed E-state index contributed by atoms with van der Waals surface area (Å²) in [5.41, 5.74) is 1.54. The van der Waals surface area contributed by atoms with E-state index in [-0.39, 0.29) is 0 Å². The molecular weight excluding hydrogens is 294 g/mol. The Balaban J connectivity index is 1.70. The lowest BCUT2D eigenvalue weighted by molar-refractivity contribution is -0.148. The van der Waals surface area contributed by atoms with Crippen molar-refractivity contribution in [3.05, 3.63) is 29.8 Å². The average molecular weight is 319 g/mol. The molecule has 5 nitrogen and oxygen atoms in total. The third-order valence-electron chi connectivity index (χ3n) is 3.90. The van der Waals surface area contributed by atoms with Crippen LogP contribution in [0, 0.1) is 0 Å². The van der Waals surface area contributed by atoms with E-state index in [9.17, 15) is 4.79 Å². The topological polar surface area (TPSA) is 68.1 Å². The van der Waals surface area contributed by atoms with Crippen LogP contribution in [-0.4, -0.2) is 29.5 Å². The highest BCUT2D eigenvalue weighted by Crippen LogP contribution is 2.20. The van der Waals surface area contributed by atoms with Crippen molar-refractivity contribution in [2.45, 2.75) is 58.0 Å². The fourth-order valence-electron chi connectivity index (χ4n) is 2.50. The second kappa shape index (κ2) is 9.18. The molecule has 1 heterocycles. The summed E-state index contributed by atoms with van der Waals surface area (Å²) in [6.07, 6.45) is 6.90. The molecule has 0 saturated carbocycles. The van der Waals surface area contributed by atoms with E-state index in [2.05, 4.69) is 12.1 Å². The van der Waals surface area contributed by atoms with Crippen LogP contribution in [0.25, 0.3) is 0 Å². The highest BCUT2D eigenvalue weighted by atomic mass is 16.7. The molecule has 1 aromatic carbocycles. The van der Waals surface area contributed by atoms with Gasteiger partial charge in [-0.2, -0.15) is 0 Å². The van der Waals surface area contributed by atoms with Crippen LogP contribution in [0.1, 0.15) is 57.4 Å². The maximum atomic E-state index is 10.8. The van der Waals surface area contributed by atoms with Crippen LogP contribution in [0.2, 0.25) is 0 Å². The van der Waals surface area contributed by atoms with Gasteiger partial charge in [-0.05, 0) is 36.2 Å². The van der Waals surface area contributed by atoms with Crippen molar-refractivity contribution in [2.75, 3.05) is 6.61 Å². The summed E-state index contributed by atoms with van der Waals surface area (Å²) in [4.78, 5) is 15.7. The maximum absolute atomic E-state index is 10.8. The summed E-state index contributed by atoms with van der Waals surface area (Å²) in [7, 11) is 0. The minimum Gasteiger partial charge on any atom is -0.494 e. The molecule has 0 radical (unpaired) electrons. The summed E-state index contributed by atoms with van der Waals surface area (Å²) in [5, 5.41) is 12.7. The van der Waals surface area contributed by atoms with E-state index in [1.54, 1.807) is 0 Å². The van der Waals surface area contributed by atoms with Gasteiger partial charge in [-0.3, -0.25) is 0 Å². The van der Waals surface area contributed by atoms with Gasteiger partial charge < -0.3 is 14.7 Å². The van der Waals surface area contributed by atoms with Crippen LogP contribution < -0.4 is 4.74 Å². The summed E-state index contributed by atoms with van der Waals surface area (Å²) in [5.74, 6) is -0.153. The molecule has 0 saturated heterocycles. The first-order valence-corrected chi connectivity index (χ1v) is 8.39. The zero-order valence-electron chi connectivity index (χ0n) is 13.7. The normalized spacial score (nSPS) is 16.7. The van der Waals surface area contributed by atoms with Gasteiger partial charge >= 0.3 is 5.97 Å². The molecule has 1 N–H and O–H groups in total. The van der Waals surface area contributed by atoms with Gasteiger partial charge in [-0.25, -0.2) is 4.79 Å². The quantitative estimate of drug-likeness (QED) is 0.662. The van der Waals surface area contributed by atoms with Gasteiger partial charge in [0.15, 0.2) is 0 Å². The number of hydrogen-bond donors (Lipinski definition) is 1. The Morgan fingerprint density at radius 2 is 1.91 bits per heavy atom. The number of carbonyl (C=O) groups is 1. The molecule has 1 aromatic rings. The predicted molar refractivity (Wildman–Crippen MR) is 89.0 cm³/mol. The molecule has 23 heavy (non-hydrogen) atoms. The highest BCUT2D eigenvalue weighted by Gasteiger charge is 2.28. The number of carboxylic acids is 1. The van der Waals surface area contributed by atoms with E-state index in [1.165, 1.54) is 32.1 Å². The van der Waals surface area contributed by atoms with Crippen molar-refractivity contribution in [2.24, 2.45) is 5.16 Å². The molecule has 0 aliphatic carbocycles. The smallest absolute Gasteiger partial charge is 0.348 e. The van der Waals surface area contributed by atoms with Gasteiger partial charge in [0.05, 0.1) is 12.3 Å². The Hall–Kier alpha value is -2.04. The SMILES string of the molecule is CCCCCCCCOc1ccc(C2=NOC(C(=O)O)C2)cc1. The average Bonchev–Trinajstić information content (AvgIpc) is 3.05. The number of aliphatic carboxylic acids is 1. The van der Waals surface area contributed by atoms with Gasteiger partial charge in [0.1, 0.15) is 5.75 Å². The van der Waals surface area contributed by atoms with Crippen molar-refractivity contribution in [3.63, 3.8) is 0 Å². The number of carboxylic acid groups (broad SMARTS) is 1. The number of benzene rings is 1. The summed E-state index contributed by atoms with van der Waals surface area (Å²) < 4.78 is 5.72. The minimum absolute atomic E-state index is 0.299. The van der Waals surface area contributed by atoms with Gasteiger partial charge in [-0.1, -0.05) is 44.2 Å². The summed E-state index contributed by atoms with van der Waals surface area (Å²) in [6.45, 7) is 2.95. The van der Waals surface area contributed by atoms with Crippen molar-refractivity contribution in [1.29, 1.82) is 0 Å². The number of ether oxygens (including phenoxy) is 1. The first-order chi connectivity index (χ1) is 11.2. The lowest BCUT2D eigenvalue weighted by atomic mass is 10.1. The molecule has 2 rings (SSSR count). The van der Waals surface area contributed by atoms with E-state index in [4.69, 9.17) is 14.7 Å². The third kappa shape index (κ3) is 5.58. The number of oxime groups is 1. The first kappa shape index (κ1) is 17.3. The van der Waals surface area contributed by atoms with Crippen molar-refractivity contribution in [3.8, 4) is 5.75 Å². The van der Waals surface area contributed by atoms with Crippen LogP contribution in [0.4, 0.5) is 0 Å². The van der Waals surface area contributed by atoms with Crippen LogP contribution in [0.5, 0.6) is 5.75 Å². The number of unbranched alkanes of at least 4 members (excludes halogenated alkanes) is 5. The Kier molecular flexibility index (Phi) is 6.91. The van der Waals surface area contributed by atoms with Crippen LogP contribution in [0.15, 0.2) is 29.4 Å². The second-order valence-electron chi connectivity index (χ2n) is 5.82. The zero-order chi connectivity index (χ0) is 16.5. The lowest BCUT2D eigenvalue weighted by Gasteiger charge is -2.07. The van der Waals surface area contributed by atoms with E-state index < -0.39 is 12.1 Å². The van der Waals surface area contributed by atoms with Crippen LogP contribution in [0.3, 0.4) is 0 Å². The van der Waals surface area contributed by atoms with Crippen molar-refractivity contribution in [1.82, 2.24) is 0 Å². The molecule has 0 bridgehead atoms. The fraction of sp³-hybridized carbons (Fsp3) is 0.556. The van der Waals surface area contributed by atoms with Crippen molar-refractivity contribution < 1.29 is 19.5 Å². The zero-order valence-corrected chi connectivity index (χ0v) is 13.7. The van der Waals surface area contributed by atoms with E-state index in [0.29, 0.717) is 12.1 Å². The molecule has 5 heteroatoms. The molecule has 0 aromatic heterocycles. The van der Waals surface area contributed by atoms with Crippen molar-refractivity contribution >= 4 is 11.7 Å². The molecule has 1 unspecified atom stereocenters. The van der Waals surface area contributed by atoms with Gasteiger partial charge in [0.2, 0.25) is 6.10 Å². The number of hydrogen-bond acceptors (Lipinski definition) is 4. The Morgan fingerprint density at radius 1 is 1.22 bits per heavy atom. The Labute approximate surface area is 137 Å². The first-order valence-electron chi connectivity index (χ1n) is 8.39. The molecule has 0 amide bonds. The van der Waals surface area contributed by atoms with E-state index >= 15 is 0 Å². The molecule has 0 spiro atoms. The third-order valence-corrected chi connectivity index (χ3v) is 3.90. The Bertz CT molecular complexity index is 524. The second-order valence-corrected chi connectivity index (χ2v) is 5.82. The minimum atomic E-state index is -0.984. The molecule has 0 fully saturated rings. The summed E-state index contributed by atoms with van der Waals surface area (Å²) in [6, 6.07) is 7.57. The monoisotopic (exact) mass is 319 g/mol. The highest BCUT2D eigenvalue weighted by molar-refractivity contribution is 6.03. The van der Waals surface area contributed by atoms with Gasteiger partial charge in [0.25, 0.3) is 0 Å². The maximum Gasteiger partial charge on any atom is 0.348 e. The van der Waals surface area contributed by atoms with E-state index in [0.717, 1.165) is 24.3 Å². The van der Waals surface area contributed by atoms with Gasteiger partial charge in [0, 0.05) is 6.42 Å². The molecular formula is C18H25NO4.